The number of hydrogen-bond acceptors (Lipinski definition) is 5. The van der Waals surface area contributed by atoms with Crippen molar-refractivity contribution in [3.05, 3.63) is 0 Å². The first kappa shape index (κ1) is 17.5. The van der Waals surface area contributed by atoms with Crippen LogP contribution in [0.5, 0.6) is 0 Å². The zero-order valence-corrected chi connectivity index (χ0v) is 14.2. The van der Waals surface area contributed by atoms with Crippen LogP contribution in [0.15, 0.2) is 0 Å². The molecule has 0 aromatic heterocycles. The van der Waals surface area contributed by atoms with Gasteiger partial charge in [0.05, 0.1) is 11.5 Å². The predicted octanol–water partition coefficient (Wildman–Crippen LogP) is -0.500. The molecule has 2 amide bonds. The molecular formula is C14H28N4O3S. The first-order chi connectivity index (χ1) is 10.5. The number of nitrogens with zero attached hydrogens (tertiary/aromatic N) is 2. The Morgan fingerprint density at radius 3 is 2.45 bits per heavy atom. The van der Waals surface area contributed by atoms with Crippen molar-refractivity contribution in [2.24, 2.45) is 0 Å². The second-order valence-electron chi connectivity index (χ2n) is 6.13. The van der Waals surface area contributed by atoms with Crippen LogP contribution in [0.4, 0.5) is 4.79 Å². The van der Waals surface area contributed by atoms with Gasteiger partial charge in [-0.3, -0.25) is 0 Å². The van der Waals surface area contributed by atoms with E-state index in [1.807, 2.05) is 0 Å². The molecule has 1 atom stereocenters. The summed E-state index contributed by atoms with van der Waals surface area (Å²) in [6, 6.07) is -0.481. The molecule has 8 heteroatoms. The van der Waals surface area contributed by atoms with Crippen LogP contribution in [0.2, 0.25) is 0 Å². The summed E-state index contributed by atoms with van der Waals surface area (Å²) < 4.78 is 22.6. The van der Waals surface area contributed by atoms with Crippen molar-refractivity contribution in [3.8, 4) is 0 Å². The van der Waals surface area contributed by atoms with E-state index in [-0.39, 0.29) is 23.6 Å². The monoisotopic (exact) mass is 332 g/mol. The van der Waals surface area contributed by atoms with E-state index in [2.05, 4.69) is 27.4 Å². The minimum atomic E-state index is -2.94. The Kier molecular flexibility index (Phi) is 6.46. The normalized spacial score (nSPS) is 26.0. The number of urea groups is 1. The average molecular weight is 332 g/mol. The number of rotatable bonds is 6. The molecule has 0 aromatic carbocycles. The highest BCUT2D eigenvalue weighted by atomic mass is 32.2. The topological polar surface area (TPSA) is 81.8 Å². The highest BCUT2D eigenvalue weighted by molar-refractivity contribution is 7.91. The number of hydrogen-bond donors (Lipinski definition) is 2. The Bertz CT molecular complexity index is 461. The lowest BCUT2D eigenvalue weighted by atomic mass is 10.3. The van der Waals surface area contributed by atoms with Crippen LogP contribution in [0, 0.1) is 0 Å². The third-order valence-corrected chi connectivity index (χ3v) is 6.18. The summed E-state index contributed by atoms with van der Waals surface area (Å²) in [6.45, 7) is 9.37. The number of likely N-dealkylation sites (N-methyl/N-ethyl adjacent to an activating group) is 1. The van der Waals surface area contributed by atoms with Crippen LogP contribution in [0.25, 0.3) is 0 Å². The molecule has 2 rings (SSSR count). The standard InChI is InChI=1S/C14H28N4O3S/c1-2-17-7-9-18(10-8-17)6-3-5-15-14(19)16-13-4-11-22(20,21)12-13/h13H,2-12H2,1H3,(H2,15,16,19). The van der Waals surface area contributed by atoms with Crippen molar-refractivity contribution >= 4 is 15.9 Å². The van der Waals surface area contributed by atoms with Gasteiger partial charge in [-0.1, -0.05) is 6.92 Å². The summed E-state index contributed by atoms with van der Waals surface area (Å²) in [5.41, 5.74) is 0. The van der Waals surface area contributed by atoms with Gasteiger partial charge in [0.15, 0.2) is 9.84 Å². The number of amides is 2. The number of nitrogens with one attached hydrogen (secondary N) is 2. The minimum absolute atomic E-state index is 0.0716. The van der Waals surface area contributed by atoms with Crippen molar-refractivity contribution in [3.63, 3.8) is 0 Å². The van der Waals surface area contributed by atoms with Crippen LogP contribution >= 0.6 is 0 Å². The molecule has 2 saturated heterocycles. The van der Waals surface area contributed by atoms with Gasteiger partial charge < -0.3 is 20.4 Å². The maximum atomic E-state index is 11.7. The molecule has 2 heterocycles. The van der Waals surface area contributed by atoms with Crippen LogP contribution < -0.4 is 10.6 Å². The summed E-state index contributed by atoms with van der Waals surface area (Å²) in [6.07, 6.45) is 1.44. The maximum absolute atomic E-state index is 11.7. The zero-order chi connectivity index (χ0) is 16.0. The van der Waals surface area contributed by atoms with Gasteiger partial charge in [-0.25, -0.2) is 13.2 Å². The predicted molar refractivity (Wildman–Crippen MR) is 86.8 cm³/mol. The fourth-order valence-corrected chi connectivity index (χ4v) is 4.65. The van der Waals surface area contributed by atoms with Crippen LogP contribution in [0.3, 0.4) is 0 Å². The van der Waals surface area contributed by atoms with Gasteiger partial charge in [0.1, 0.15) is 0 Å². The molecule has 0 aliphatic carbocycles. The molecule has 1 unspecified atom stereocenters. The van der Waals surface area contributed by atoms with E-state index >= 15 is 0 Å². The first-order valence-electron chi connectivity index (χ1n) is 8.18. The highest BCUT2D eigenvalue weighted by Crippen LogP contribution is 2.10. The summed E-state index contributed by atoms with van der Waals surface area (Å²) in [4.78, 5) is 16.6. The van der Waals surface area contributed by atoms with Gasteiger partial charge in [0, 0.05) is 38.8 Å². The molecule has 22 heavy (non-hydrogen) atoms. The highest BCUT2D eigenvalue weighted by Gasteiger charge is 2.28. The second-order valence-corrected chi connectivity index (χ2v) is 8.36. The molecule has 2 aliphatic heterocycles. The van der Waals surface area contributed by atoms with Gasteiger partial charge in [-0.15, -0.1) is 0 Å². The lowest BCUT2D eigenvalue weighted by Gasteiger charge is -2.33. The summed E-state index contributed by atoms with van der Waals surface area (Å²) >= 11 is 0. The Morgan fingerprint density at radius 2 is 1.86 bits per heavy atom. The van der Waals surface area contributed by atoms with Gasteiger partial charge >= 0.3 is 6.03 Å². The van der Waals surface area contributed by atoms with Crippen molar-refractivity contribution < 1.29 is 13.2 Å². The molecule has 7 nitrogen and oxygen atoms in total. The van der Waals surface area contributed by atoms with E-state index in [1.165, 1.54) is 0 Å². The number of piperazine rings is 1. The van der Waals surface area contributed by atoms with Gasteiger partial charge in [-0.2, -0.15) is 0 Å². The number of carbonyl (C=O) groups excluding carboxylic acids is 1. The summed E-state index contributed by atoms with van der Waals surface area (Å²) in [5.74, 6) is 0.254. The molecule has 2 fully saturated rings. The SMILES string of the molecule is CCN1CCN(CCCNC(=O)NC2CCS(=O)(=O)C2)CC1. The lowest BCUT2D eigenvalue weighted by molar-refractivity contribution is 0.136. The molecule has 0 bridgehead atoms. The third kappa shape index (κ3) is 5.73. The minimum Gasteiger partial charge on any atom is -0.338 e. The molecule has 0 spiro atoms. The number of sulfone groups is 1. The van der Waals surface area contributed by atoms with E-state index in [4.69, 9.17) is 0 Å². The lowest BCUT2D eigenvalue weighted by Crippen LogP contribution is -2.47. The summed E-state index contributed by atoms with van der Waals surface area (Å²) in [5, 5.41) is 5.55. The Morgan fingerprint density at radius 1 is 1.18 bits per heavy atom. The van der Waals surface area contributed by atoms with Crippen LogP contribution in [-0.2, 0) is 9.84 Å². The van der Waals surface area contributed by atoms with Crippen molar-refractivity contribution in [1.29, 1.82) is 0 Å². The van der Waals surface area contributed by atoms with Crippen molar-refractivity contribution in [1.82, 2.24) is 20.4 Å². The molecule has 128 valence electrons. The van der Waals surface area contributed by atoms with Gasteiger partial charge in [-0.05, 0) is 25.9 Å². The van der Waals surface area contributed by atoms with Crippen molar-refractivity contribution in [2.45, 2.75) is 25.8 Å². The molecule has 0 radical (unpaired) electrons. The molecule has 2 aliphatic rings. The first-order valence-corrected chi connectivity index (χ1v) is 10.00. The fourth-order valence-electron chi connectivity index (χ4n) is 2.98. The smallest absolute Gasteiger partial charge is 0.315 e. The quantitative estimate of drug-likeness (QED) is 0.641. The van der Waals surface area contributed by atoms with Crippen LogP contribution in [0.1, 0.15) is 19.8 Å². The second kappa shape index (κ2) is 8.12. The van der Waals surface area contributed by atoms with Gasteiger partial charge in [0.2, 0.25) is 0 Å². The molecule has 2 N–H and O–H groups in total. The van der Waals surface area contributed by atoms with E-state index in [0.29, 0.717) is 13.0 Å². The molecule has 0 saturated carbocycles. The van der Waals surface area contributed by atoms with Gasteiger partial charge in [0.25, 0.3) is 0 Å². The summed E-state index contributed by atoms with van der Waals surface area (Å²) in [7, 11) is -2.94. The Balaban J connectivity index is 1.53. The third-order valence-electron chi connectivity index (χ3n) is 4.42. The Labute approximate surface area is 133 Å². The molecule has 0 aromatic rings. The van der Waals surface area contributed by atoms with E-state index in [0.717, 1.165) is 45.7 Å². The maximum Gasteiger partial charge on any atom is 0.315 e. The van der Waals surface area contributed by atoms with E-state index in [1.54, 1.807) is 0 Å². The largest absolute Gasteiger partial charge is 0.338 e. The van der Waals surface area contributed by atoms with Crippen LogP contribution in [-0.4, -0.2) is 87.6 Å². The van der Waals surface area contributed by atoms with E-state index < -0.39 is 9.84 Å². The number of carbonyl (C=O) groups is 1. The zero-order valence-electron chi connectivity index (χ0n) is 13.4. The average Bonchev–Trinajstić information content (AvgIpc) is 2.83. The molecular weight excluding hydrogens is 304 g/mol. The fraction of sp³-hybridized carbons (Fsp3) is 0.929. The van der Waals surface area contributed by atoms with Crippen molar-refractivity contribution in [2.75, 3.05) is 57.3 Å². The van der Waals surface area contributed by atoms with E-state index in [9.17, 15) is 13.2 Å². The Hall–Kier alpha value is -0.860.